The Hall–Kier alpha value is -3.10. The standard InChI is InChI=1S/C22H23N3O4S/c1-16-21(30(27,28)25-13-5-6-14-25)15-20(29-16)22(26)24-19-11-9-18(10-12-19)23-17-7-3-2-4-8-17/h2-4,7-12,15,23H,5-6,13-14H2,1H3,(H,24,26). The summed E-state index contributed by atoms with van der Waals surface area (Å²) < 4.78 is 32.4. The summed E-state index contributed by atoms with van der Waals surface area (Å²) in [5, 5.41) is 6.01. The van der Waals surface area contributed by atoms with Gasteiger partial charge < -0.3 is 15.1 Å². The van der Waals surface area contributed by atoms with E-state index in [1.165, 1.54) is 10.4 Å². The zero-order chi connectivity index (χ0) is 21.1. The fourth-order valence-corrected chi connectivity index (χ4v) is 5.10. The van der Waals surface area contributed by atoms with Gasteiger partial charge in [-0.15, -0.1) is 0 Å². The van der Waals surface area contributed by atoms with E-state index in [1.54, 1.807) is 19.1 Å². The van der Waals surface area contributed by atoms with E-state index in [-0.39, 0.29) is 16.4 Å². The molecule has 0 spiro atoms. The first-order valence-electron chi connectivity index (χ1n) is 9.77. The Balaban J connectivity index is 1.45. The van der Waals surface area contributed by atoms with Crippen molar-refractivity contribution in [1.82, 2.24) is 4.31 Å². The van der Waals surface area contributed by atoms with E-state index in [0.717, 1.165) is 24.2 Å². The monoisotopic (exact) mass is 425 g/mol. The van der Waals surface area contributed by atoms with Crippen molar-refractivity contribution in [2.45, 2.75) is 24.7 Å². The summed E-state index contributed by atoms with van der Waals surface area (Å²) in [7, 11) is -3.64. The summed E-state index contributed by atoms with van der Waals surface area (Å²) in [5.41, 5.74) is 2.43. The van der Waals surface area contributed by atoms with Crippen molar-refractivity contribution >= 4 is 33.0 Å². The van der Waals surface area contributed by atoms with Crippen LogP contribution in [0.4, 0.5) is 17.1 Å². The Morgan fingerprint density at radius 1 is 0.933 bits per heavy atom. The minimum absolute atomic E-state index is 0.0308. The number of furan rings is 1. The van der Waals surface area contributed by atoms with Gasteiger partial charge in [0.25, 0.3) is 5.91 Å². The summed E-state index contributed by atoms with van der Waals surface area (Å²) in [5.74, 6) is -0.309. The maximum atomic E-state index is 12.8. The number of nitrogens with one attached hydrogen (secondary N) is 2. The molecule has 156 valence electrons. The van der Waals surface area contributed by atoms with Gasteiger partial charge in [-0.1, -0.05) is 18.2 Å². The summed E-state index contributed by atoms with van der Waals surface area (Å²) in [6.07, 6.45) is 1.69. The highest BCUT2D eigenvalue weighted by Gasteiger charge is 2.31. The van der Waals surface area contributed by atoms with Crippen LogP contribution in [0.2, 0.25) is 0 Å². The fraction of sp³-hybridized carbons (Fsp3) is 0.227. The Labute approximate surface area is 175 Å². The zero-order valence-electron chi connectivity index (χ0n) is 16.6. The maximum Gasteiger partial charge on any atom is 0.291 e. The average Bonchev–Trinajstić information content (AvgIpc) is 3.41. The predicted octanol–water partition coefficient (Wildman–Crippen LogP) is 4.37. The second-order valence-corrected chi connectivity index (χ2v) is 9.07. The van der Waals surface area contributed by atoms with Crippen LogP contribution in [-0.2, 0) is 10.0 Å². The summed E-state index contributed by atoms with van der Waals surface area (Å²) in [6, 6.07) is 18.3. The van der Waals surface area contributed by atoms with Crippen LogP contribution in [0.1, 0.15) is 29.2 Å². The van der Waals surface area contributed by atoms with E-state index >= 15 is 0 Å². The highest BCUT2D eigenvalue weighted by atomic mass is 32.2. The molecular weight excluding hydrogens is 402 g/mol. The van der Waals surface area contributed by atoms with Crippen LogP contribution in [0.5, 0.6) is 0 Å². The smallest absolute Gasteiger partial charge is 0.291 e. The molecule has 0 unspecified atom stereocenters. The molecule has 0 radical (unpaired) electrons. The number of sulfonamides is 1. The van der Waals surface area contributed by atoms with E-state index in [0.29, 0.717) is 18.8 Å². The lowest BCUT2D eigenvalue weighted by atomic mass is 10.2. The van der Waals surface area contributed by atoms with E-state index in [9.17, 15) is 13.2 Å². The number of amides is 1. The van der Waals surface area contributed by atoms with Crippen molar-refractivity contribution in [3.63, 3.8) is 0 Å². The lowest BCUT2D eigenvalue weighted by Crippen LogP contribution is -2.28. The third-order valence-electron chi connectivity index (χ3n) is 4.98. The number of nitrogens with zero attached hydrogens (tertiary/aromatic N) is 1. The second-order valence-electron chi connectivity index (χ2n) is 7.16. The molecule has 0 atom stereocenters. The molecule has 1 aliphatic rings. The molecule has 8 heteroatoms. The van der Waals surface area contributed by atoms with Gasteiger partial charge in [-0.3, -0.25) is 4.79 Å². The van der Waals surface area contributed by atoms with Gasteiger partial charge in [-0.25, -0.2) is 8.42 Å². The van der Waals surface area contributed by atoms with E-state index in [1.807, 2.05) is 42.5 Å². The molecule has 2 heterocycles. The Kier molecular flexibility index (Phi) is 5.61. The number of anilines is 3. The number of carbonyl (C=O) groups is 1. The van der Waals surface area contributed by atoms with Gasteiger partial charge in [-0.05, 0) is 56.2 Å². The molecule has 1 saturated heterocycles. The molecule has 30 heavy (non-hydrogen) atoms. The van der Waals surface area contributed by atoms with E-state index < -0.39 is 15.9 Å². The normalized spacial score (nSPS) is 14.6. The third-order valence-corrected chi connectivity index (χ3v) is 6.99. The molecule has 0 aliphatic carbocycles. The maximum absolute atomic E-state index is 12.8. The van der Waals surface area contributed by atoms with Gasteiger partial charge in [0, 0.05) is 36.2 Å². The number of para-hydroxylation sites is 1. The molecule has 7 nitrogen and oxygen atoms in total. The molecule has 4 rings (SSSR count). The first-order valence-corrected chi connectivity index (χ1v) is 11.2. The zero-order valence-corrected chi connectivity index (χ0v) is 17.4. The number of rotatable bonds is 6. The molecule has 1 aliphatic heterocycles. The largest absolute Gasteiger partial charge is 0.455 e. The van der Waals surface area contributed by atoms with Crippen molar-refractivity contribution in [1.29, 1.82) is 0 Å². The number of carbonyl (C=O) groups excluding carboxylic acids is 1. The SMILES string of the molecule is Cc1oc(C(=O)Nc2ccc(Nc3ccccc3)cc2)cc1S(=O)(=O)N1CCCC1. The number of hydrogen-bond acceptors (Lipinski definition) is 5. The van der Waals surface area contributed by atoms with Crippen molar-refractivity contribution in [2.24, 2.45) is 0 Å². The first kappa shape index (κ1) is 20.2. The van der Waals surface area contributed by atoms with Gasteiger partial charge in [0.15, 0.2) is 5.76 Å². The lowest BCUT2D eigenvalue weighted by Gasteiger charge is -2.14. The number of aryl methyl sites for hydroxylation is 1. The van der Waals surface area contributed by atoms with Crippen LogP contribution in [0, 0.1) is 6.92 Å². The molecule has 1 amide bonds. The van der Waals surface area contributed by atoms with Crippen LogP contribution in [0.25, 0.3) is 0 Å². The topological polar surface area (TPSA) is 91.6 Å². The van der Waals surface area contributed by atoms with Gasteiger partial charge in [0.1, 0.15) is 10.7 Å². The van der Waals surface area contributed by atoms with Crippen LogP contribution in [0.3, 0.4) is 0 Å². The van der Waals surface area contributed by atoms with Gasteiger partial charge >= 0.3 is 0 Å². The fourth-order valence-electron chi connectivity index (χ4n) is 3.42. The molecule has 0 saturated carbocycles. The van der Waals surface area contributed by atoms with Crippen molar-refractivity contribution in [2.75, 3.05) is 23.7 Å². The molecule has 1 aromatic heterocycles. The minimum atomic E-state index is -3.64. The second kappa shape index (κ2) is 8.33. The van der Waals surface area contributed by atoms with E-state index in [2.05, 4.69) is 10.6 Å². The van der Waals surface area contributed by atoms with Crippen molar-refractivity contribution in [3.8, 4) is 0 Å². The van der Waals surface area contributed by atoms with Crippen LogP contribution >= 0.6 is 0 Å². The Morgan fingerprint density at radius 3 is 2.20 bits per heavy atom. The lowest BCUT2D eigenvalue weighted by molar-refractivity contribution is 0.0995. The molecule has 0 bridgehead atoms. The molecule has 2 aromatic carbocycles. The summed E-state index contributed by atoms with van der Waals surface area (Å²) in [4.78, 5) is 12.6. The Morgan fingerprint density at radius 2 is 1.53 bits per heavy atom. The van der Waals surface area contributed by atoms with Gasteiger partial charge in [0.05, 0.1) is 0 Å². The van der Waals surface area contributed by atoms with Crippen molar-refractivity contribution < 1.29 is 17.6 Å². The van der Waals surface area contributed by atoms with E-state index in [4.69, 9.17) is 4.42 Å². The predicted molar refractivity (Wildman–Crippen MR) is 116 cm³/mol. The molecule has 2 N–H and O–H groups in total. The van der Waals surface area contributed by atoms with Crippen LogP contribution < -0.4 is 10.6 Å². The number of hydrogen-bond donors (Lipinski definition) is 2. The molecular formula is C22H23N3O4S. The average molecular weight is 426 g/mol. The van der Waals surface area contributed by atoms with Gasteiger partial charge in [-0.2, -0.15) is 4.31 Å². The third kappa shape index (κ3) is 4.24. The van der Waals surface area contributed by atoms with Gasteiger partial charge in [0.2, 0.25) is 10.0 Å². The quantitative estimate of drug-likeness (QED) is 0.612. The first-order chi connectivity index (χ1) is 14.4. The van der Waals surface area contributed by atoms with Crippen molar-refractivity contribution in [3.05, 3.63) is 72.2 Å². The Bertz CT molecular complexity index is 1130. The molecule has 3 aromatic rings. The summed E-state index contributed by atoms with van der Waals surface area (Å²) >= 11 is 0. The van der Waals surface area contributed by atoms with Crippen LogP contribution in [0.15, 0.2) is 70.0 Å². The number of benzene rings is 2. The van der Waals surface area contributed by atoms with Crippen LogP contribution in [-0.4, -0.2) is 31.7 Å². The minimum Gasteiger partial charge on any atom is -0.455 e. The highest BCUT2D eigenvalue weighted by molar-refractivity contribution is 7.89. The summed E-state index contributed by atoms with van der Waals surface area (Å²) in [6.45, 7) is 2.56. The molecule has 1 fully saturated rings. The highest BCUT2D eigenvalue weighted by Crippen LogP contribution is 2.27.